The molecular formula is C9H18O7S2. The number of hydrogen-bond acceptors (Lipinski definition) is 5. The predicted molar refractivity (Wildman–Crippen MR) is 66.9 cm³/mol. The Morgan fingerprint density at radius 3 is 2.56 bits per heavy atom. The summed E-state index contributed by atoms with van der Waals surface area (Å²) in [6, 6.07) is 0. The van der Waals surface area contributed by atoms with E-state index < -0.39 is 32.6 Å². The largest absolute Gasteiger partial charge is 0.377 e. The molecule has 0 aromatic heterocycles. The molecule has 0 saturated heterocycles. The highest BCUT2D eigenvalue weighted by molar-refractivity contribution is 7.86. The third-order valence-electron chi connectivity index (χ3n) is 2.23. The maximum absolute atomic E-state index is 11.2. The minimum atomic E-state index is -4.27. The lowest BCUT2D eigenvalue weighted by Crippen LogP contribution is -2.32. The van der Waals surface area contributed by atoms with E-state index in [4.69, 9.17) is 13.8 Å². The van der Waals surface area contributed by atoms with Crippen molar-refractivity contribution in [2.45, 2.75) is 18.6 Å². The third-order valence-corrected chi connectivity index (χ3v) is 4.03. The Bertz CT molecular complexity index is 365. The van der Waals surface area contributed by atoms with Crippen molar-refractivity contribution in [3.8, 4) is 0 Å². The molecule has 18 heavy (non-hydrogen) atoms. The zero-order valence-corrected chi connectivity index (χ0v) is 11.7. The summed E-state index contributed by atoms with van der Waals surface area (Å²) in [4.78, 5) is 0. The zero-order valence-electron chi connectivity index (χ0n) is 10.0. The maximum atomic E-state index is 11.2. The van der Waals surface area contributed by atoms with E-state index in [1.807, 2.05) is 0 Å². The van der Waals surface area contributed by atoms with Crippen LogP contribution in [0.15, 0.2) is 12.7 Å². The van der Waals surface area contributed by atoms with Gasteiger partial charge in [0.1, 0.15) is 0 Å². The first-order chi connectivity index (χ1) is 8.29. The molecule has 7 nitrogen and oxygen atoms in total. The Morgan fingerprint density at radius 1 is 1.50 bits per heavy atom. The van der Waals surface area contributed by atoms with Crippen LogP contribution in [0.5, 0.6) is 0 Å². The van der Waals surface area contributed by atoms with Crippen LogP contribution in [0.25, 0.3) is 0 Å². The molecule has 0 aromatic rings. The van der Waals surface area contributed by atoms with Crippen molar-refractivity contribution in [1.82, 2.24) is 0 Å². The van der Waals surface area contributed by atoms with Crippen LogP contribution in [0, 0.1) is 5.92 Å². The molecule has 0 heterocycles. The van der Waals surface area contributed by atoms with E-state index in [2.05, 4.69) is 10.8 Å². The minimum Gasteiger partial charge on any atom is -0.377 e. The van der Waals surface area contributed by atoms with Gasteiger partial charge in [-0.05, 0) is 6.42 Å². The van der Waals surface area contributed by atoms with Crippen LogP contribution in [0.1, 0.15) is 13.3 Å². The first-order valence-electron chi connectivity index (χ1n) is 5.18. The lowest BCUT2D eigenvalue weighted by Gasteiger charge is -2.20. The van der Waals surface area contributed by atoms with Crippen molar-refractivity contribution in [3.05, 3.63) is 12.7 Å². The second kappa shape index (κ2) is 8.73. The Morgan fingerprint density at radius 2 is 2.11 bits per heavy atom. The lowest BCUT2D eigenvalue weighted by molar-refractivity contribution is 0.149. The Balaban J connectivity index is 4.39. The Hall–Kier alpha value is -0.320. The molecule has 0 aromatic carbocycles. The Labute approximate surface area is 109 Å². The number of ether oxygens (including phenoxy) is 1. The molecule has 2 N–H and O–H groups in total. The number of rotatable bonds is 10. The summed E-state index contributed by atoms with van der Waals surface area (Å²) in [5.74, 6) is -0.636. The highest BCUT2D eigenvalue weighted by Crippen LogP contribution is 2.16. The molecular weight excluding hydrogens is 284 g/mol. The van der Waals surface area contributed by atoms with Crippen molar-refractivity contribution in [3.63, 3.8) is 0 Å². The van der Waals surface area contributed by atoms with Gasteiger partial charge in [-0.15, -0.1) is 6.58 Å². The van der Waals surface area contributed by atoms with E-state index in [1.54, 1.807) is 0 Å². The van der Waals surface area contributed by atoms with E-state index in [-0.39, 0.29) is 26.2 Å². The van der Waals surface area contributed by atoms with Crippen LogP contribution >= 0.6 is 0 Å². The average molecular weight is 302 g/mol. The quantitative estimate of drug-likeness (QED) is 0.263. The van der Waals surface area contributed by atoms with Crippen LogP contribution < -0.4 is 0 Å². The molecule has 0 spiro atoms. The normalized spacial score (nSPS) is 17.1. The van der Waals surface area contributed by atoms with Gasteiger partial charge in [-0.1, -0.05) is 13.0 Å². The van der Waals surface area contributed by atoms with Gasteiger partial charge in [-0.25, -0.2) is 0 Å². The summed E-state index contributed by atoms with van der Waals surface area (Å²) in [6.07, 6.45) is 1.58. The highest BCUT2D eigenvalue weighted by Gasteiger charge is 2.29. The highest BCUT2D eigenvalue weighted by atomic mass is 32.2. The lowest BCUT2D eigenvalue weighted by atomic mass is 10.1. The standard InChI is InChI=1S/C9H18O7S2/c1-3-5-15-6-4-9(18(12,13)14)8(2)7-16-17(10)11/h3,8-9H,1,4-7H2,2H3,(H,10,11)(H,12,13,14). The van der Waals surface area contributed by atoms with Gasteiger partial charge in [0.15, 0.2) is 0 Å². The van der Waals surface area contributed by atoms with E-state index in [1.165, 1.54) is 13.0 Å². The first kappa shape index (κ1) is 17.7. The van der Waals surface area contributed by atoms with E-state index >= 15 is 0 Å². The van der Waals surface area contributed by atoms with E-state index in [0.717, 1.165) is 0 Å². The summed E-state index contributed by atoms with van der Waals surface area (Å²) >= 11 is -2.46. The summed E-state index contributed by atoms with van der Waals surface area (Å²) in [5, 5.41) is -1.11. The molecule has 108 valence electrons. The maximum Gasteiger partial charge on any atom is 0.301 e. The van der Waals surface area contributed by atoms with Gasteiger partial charge in [-0.2, -0.15) is 12.6 Å². The monoisotopic (exact) mass is 302 g/mol. The third kappa shape index (κ3) is 7.90. The van der Waals surface area contributed by atoms with Crippen LogP contribution in [-0.2, 0) is 30.4 Å². The molecule has 0 aliphatic carbocycles. The molecule has 3 atom stereocenters. The van der Waals surface area contributed by atoms with E-state index in [0.29, 0.717) is 0 Å². The van der Waals surface area contributed by atoms with Crippen LogP contribution in [0.3, 0.4) is 0 Å². The van der Waals surface area contributed by atoms with Gasteiger partial charge in [0.25, 0.3) is 10.1 Å². The van der Waals surface area contributed by atoms with Gasteiger partial charge >= 0.3 is 11.4 Å². The average Bonchev–Trinajstić information content (AvgIpc) is 2.24. The molecule has 9 heteroatoms. The van der Waals surface area contributed by atoms with Gasteiger partial charge in [0, 0.05) is 12.5 Å². The topological polar surface area (TPSA) is 110 Å². The fourth-order valence-electron chi connectivity index (χ4n) is 1.37. The first-order valence-corrected chi connectivity index (χ1v) is 7.71. The molecule has 0 radical (unpaired) electrons. The molecule has 0 bridgehead atoms. The molecule has 0 fully saturated rings. The fraction of sp³-hybridized carbons (Fsp3) is 0.778. The summed E-state index contributed by atoms with van der Waals surface area (Å²) < 4.78 is 59.6. The van der Waals surface area contributed by atoms with Gasteiger partial charge in [0.05, 0.1) is 18.5 Å². The van der Waals surface area contributed by atoms with Gasteiger partial charge in [0.2, 0.25) is 0 Å². The fourth-order valence-corrected chi connectivity index (χ4v) is 2.76. The summed E-state index contributed by atoms with van der Waals surface area (Å²) in [7, 11) is -4.27. The second-order valence-electron chi connectivity index (χ2n) is 3.68. The van der Waals surface area contributed by atoms with E-state index in [9.17, 15) is 12.6 Å². The van der Waals surface area contributed by atoms with Crippen molar-refractivity contribution < 1.29 is 30.7 Å². The summed E-state index contributed by atoms with van der Waals surface area (Å²) in [6.45, 7) is 5.09. The van der Waals surface area contributed by atoms with Crippen molar-refractivity contribution in [2.24, 2.45) is 5.92 Å². The van der Waals surface area contributed by atoms with Crippen molar-refractivity contribution >= 4 is 21.5 Å². The molecule has 3 unspecified atom stereocenters. The molecule has 0 aliphatic rings. The Kier molecular flexibility index (Phi) is 8.57. The predicted octanol–water partition coefficient (Wildman–Crippen LogP) is 0.625. The van der Waals surface area contributed by atoms with Crippen LogP contribution in [0.4, 0.5) is 0 Å². The second-order valence-corrected chi connectivity index (χ2v) is 5.99. The summed E-state index contributed by atoms with van der Waals surface area (Å²) in [5.41, 5.74) is 0. The molecule has 0 aliphatic heterocycles. The van der Waals surface area contributed by atoms with Gasteiger partial charge in [-0.3, -0.25) is 13.3 Å². The molecule has 0 rings (SSSR count). The smallest absolute Gasteiger partial charge is 0.301 e. The van der Waals surface area contributed by atoms with Crippen molar-refractivity contribution in [1.29, 1.82) is 0 Å². The SMILES string of the molecule is C=CCOCCC(C(C)COS(=O)O)S(=O)(=O)O. The van der Waals surface area contributed by atoms with Crippen LogP contribution in [-0.4, -0.2) is 46.8 Å². The molecule has 0 saturated carbocycles. The number of hydrogen-bond donors (Lipinski definition) is 2. The minimum absolute atomic E-state index is 0.0647. The van der Waals surface area contributed by atoms with Gasteiger partial charge < -0.3 is 4.74 Å². The van der Waals surface area contributed by atoms with Crippen LogP contribution in [0.2, 0.25) is 0 Å². The zero-order chi connectivity index (χ0) is 14.2. The van der Waals surface area contributed by atoms with Crippen molar-refractivity contribution in [2.75, 3.05) is 19.8 Å². The molecule has 0 amide bonds.